The maximum absolute atomic E-state index is 14.0. The van der Waals surface area contributed by atoms with Crippen LogP contribution in [0, 0.1) is 18.7 Å². The molecule has 1 amide bonds. The number of hydrogen-bond donors (Lipinski definition) is 2. The molecule has 0 bridgehead atoms. The lowest BCUT2D eigenvalue weighted by molar-refractivity contribution is 0.0979. The Morgan fingerprint density at radius 2 is 1.97 bits per heavy atom. The van der Waals surface area contributed by atoms with Crippen LogP contribution in [-0.4, -0.2) is 54.8 Å². The maximum Gasteiger partial charge on any atom is 0.304 e. The fraction of sp³-hybridized carbons (Fsp3) is 0.500. The Labute approximate surface area is 200 Å². The summed E-state index contributed by atoms with van der Waals surface area (Å²) < 4.78 is 43.0. The van der Waals surface area contributed by atoms with E-state index in [0.29, 0.717) is 36.0 Å². The number of amides is 1. The molecule has 2 saturated heterocycles. The smallest absolute Gasteiger partial charge is 0.304 e. The van der Waals surface area contributed by atoms with Crippen LogP contribution < -0.4 is 15.4 Å². The lowest BCUT2D eigenvalue weighted by Crippen LogP contribution is -2.44. The number of aromatic nitrogens is 1. The Morgan fingerprint density at radius 3 is 2.59 bits per heavy atom. The number of nitrogens with zero attached hydrogens (tertiary/aromatic N) is 3. The maximum atomic E-state index is 14.0. The van der Waals surface area contributed by atoms with Crippen molar-refractivity contribution in [2.45, 2.75) is 52.1 Å². The number of anilines is 1. The molecule has 0 saturated carbocycles. The van der Waals surface area contributed by atoms with E-state index in [4.69, 9.17) is 10.7 Å². The first-order chi connectivity index (χ1) is 15.9. The van der Waals surface area contributed by atoms with E-state index in [0.717, 1.165) is 12.0 Å². The van der Waals surface area contributed by atoms with Crippen LogP contribution >= 0.6 is 0 Å². The molecule has 2 aliphatic heterocycles. The molecule has 1 aromatic carbocycles. The van der Waals surface area contributed by atoms with Gasteiger partial charge in [-0.2, -0.15) is 12.7 Å². The van der Waals surface area contributed by atoms with Gasteiger partial charge in [-0.05, 0) is 69.4 Å². The third-order valence-electron chi connectivity index (χ3n) is 6.67. The summed E-state index contributed by atoms with van der Waals surface area (Å²) in [5, 5.41) is 0. The second-order valence-electron chi connectivity index (χ2n) is 10.1. The van der Waals surface area contributed by atoms with Gasteiger partial charge in [0.2, 0.25) is 0 Å². The topological polar surface area (TPSA) is 109 Å². The molecule has 8 nitrogen and oxygen atoms in total. The third-order valence-corrected chi connectivity index (χ3v) is 8.13. The molecule has 2 fully saturated rings. The molecule has 2 aromatic rings. The lowest BCUT2D eigenvalue weighted by atomic mass is 9.97. The fourth-order valence-electron chi connectivity index (χ4n) is 5.02. The molecular formula is C24H32FN5O3S. The van der Waals surface area contributed by atoms with Crippen LogP contribution in [0.4, 0.5) is 10.2 Å². The van der Waals surface area contributed by atoms with Gasteiger partial charge in [-0.1, -0.05) is 13.0 Å². The number of benzene rings is 1. The molecule has 2 aliphatic rings. The molecule has 1 aromatic heterocycles. The number of aryl methyl sites for hydroxylation is 1. The summed E-state index contributed by atoms with van der Waals surface area (Å²) in [4.78, 5) is 20.1. The number of carbonyl (C=O) groups excluding carboxylic acids is 1. The summed E-state index contributed by atoms with van der Waals surface area (Å²) in [6, 6.07) is 7.45. The number of hydrogen-bond acceptors (Lipinski definition) is 6. The van der Waals surface area contributed by atoms with E-state index in [1.165, 1.54) is 16.4 Å². The Kier molecular flexibility index (Phi) is 6.43. The standard InChI is InChI=1S/C24H32FN5O3S/c1-15-12-24(3,4)30(13-15)22-19(23(31)28-34(32,33)29-10-9-18(26)14-29)7-8-21(27-22)20-11-17(25)6-5-16(20)2/h5-8,11,15,18H,9-10,12-14,26H2,1-4H3,(H,28,31)/t15-,18-/m0/s1. The molecule has 0 aliphatic carbocycles. The largest absolute Gasteiger partial charge is 0.351 e. The molecule has 2 atom stereocenters. The Bertz CT molecular complexity index is 1220. The summed E-state index contributed by atoms with van der Waals surface area (Å²) in [5.41, 5.74) is 7.70. The zero-order valence-corrected chi connectivity index (χ0v) is 20.8. The van der Waals surface area contributed by atoms with E-state index in [1.807, 2.05) is 11.8 Å². The van der Waals surface area contributed by atoms with Gasteiger partial charge < -0.3 is 10.6 Å². The monoisotopic (exact) mass is 489 g/mol. The second kappa shape index (κ2) is 8.90. The van der Waals surface area contributed by atoms with E-state index in [9.17, 15) is 17.6 Å². The van der Waals surface area contributed by atoms with Crippen LogP contribution in [-0.2, 0) is 10.2 Å². The summed E-state index contributed by atoms with van der Waals surface area (Å²) in [7, 11) is -4.04. The van der Waals surface area contributed by atoms with Crippen LogP contribution in [0.2, 0.25) is 0 Å². The molecule has 0 spiro atoms. The predicted octanol–water partition coefficient (Wildman–Crippen LogP) is 2.83. The molecular weight excluding hydrogens is 457 g/mol. The SMILES string of the molecule is Cc1ccc(F)cc1-c1ccc(C(=O)NS(=O)(=O)N2CC[C@H](N)C2)c(N2C[C@@H](C)CC2(C)C)n1. The first-order valence-electron chi connectivity index (χ1n) is 11.5. The minimum Gasteiger partial charge on any atom is -0.351 e. The summed E-state index contributed by atoms with van der Waals surface area (Å²) in [6.07, 6.45) is 1.44. The van der Waals surface area contributed by atoms with Gasteiger partial charge in [0.15, 0.2) is 0 Å². The second-order valence-corrected chi connectivity index (χ2v) is 11.8. The van der Waals surface area contributed by atoms with Crippen molar-refractivity contribution in [1.82, 2.24) is 14.0 Å². The van der Waals surface area contributed by atoms with Crippen LogP contribution in [0.5, 0.6) is 0 Å². The summed E-state index contributed by atoms with van der Waals surface area (Å²) in [5.74, 6) is -0.375. The Balaban J connectivity index is 1.76. The van der Waals surface area contributed by atoms with Gasteiger partial charge in [-0.3, -0.25) is 4.79 Å². The van der Waals surface area contributed by atoms with Crippen molar-refractivity contribution in [2.75, 3.05) is 24.5 Å². The molecule has 0 radical (unpaired) electrons. The van der Waals surface area contributed by atoms with Crippen molar-refractivity contribution in [3.8, 4) is 11.3 Å². The minimum absolute atomic E-state index is 0.159. The number of halogens is 1. The van der Waals surface area contributed by atoms with Gasteiger partial charge in [0.1, 0.15) is 11.6 Å². The first kappa shape index (κ1) is 24.6. The highest BCUT2D eigenvalue weighted by atomic mass is 32.2. The van der Waals surface area contributed by atoms with E-state index >= 15 is 0 Å². The van der Waals surface area contributed by atoms with Crippen LogP contribution in [0.3, 0.4) is 0 Å². The number of nitrogens with two attached hydrogens (primary N) is 1. The number of carbonyl (C=O) groups is 1. The van der Waals surface area contributed by atoms with E-state index in [-0.39, 0.29) is 36.1 Å². The highest BCUT2D eigenvalue weighted by Crippen LogP contribution is 2.38. The van der Waals surface area contributed by atoms with Gasteiger partial charge in [-0.25, -0.2) is 14.1 Å². The Hall–Kier alpha value is -2.56. The summed E-state index contributed by atoms with van der Waals surface area (Å²) in [6.45, 7) is 9.24. The number of rotatable bonds is 5. The van der Waals surface area contributed by atoms with Crippen molar-refractivity contribution in [1.29, 1.82) is 0 Å². The van der Waals surface area contributed by atoms with Crippen molar-refractivity contribution >= 4 is 21.9 Å². The van der Waals surface area contributed by atoms with Crippen LogP contribution in [0.1, 0.15) is 49.5 Å². The third kappa shape index (κ3) is 4.80. The normalized spacial score (nSPS) is 22.8. The molecule has 184 valence electrons. The van der Waals surface area contributed by atoms with Crippen LogP contribution in [0.25, 0.3) is 11.3 Å². The predicted molar refractivity (Wildman–Crippen MR) is 130 cm³/mol. The zero-order chi connectivity index (χ0) is 24.8. The van der Waals surface area contributed by atoms with Crippen molar-refractivity contribution in [3.63, 3.8) is 0 Å². The molecule has 4 rings (SSSR count). The Morgan fingerprint density at radius 1 is 1.24 bits per heavy atom. The molecule has 0 unspecified atom stereocenters. The van der Waals surface area contributed by atoms with Gasteiger partial charge in [-0.15, -0.1) is 0 Å². The van der Waals surface area contributed by atoms with E-state index < -0.39 is 16.1 Å². The summed E-state index contributed by atoms with van der Waals surface area (Å²) >= 11 is 0. The van der Waals surface area contributed by atoms with Crippen molar-refractivity contribution in [3.05, 3.63) is 47.3 Å². The van der Waals surface area contributed by atoms with Crippen molar-refractivity contribution in [2.24, 2.45) is 11.7 Å². The molecule has 3 N–H and O–H groups in total. The average molecular weight is 490 g/mol. The van der Waals surface area contributed by atoms with E-state index in [2.05, 4.69) is 25.5 Å². The zero-order valence-electron chi connectivity index (χ0n) is 20.0. The van der Waals surface area contributed by atoms with Crippen LogP contribution in [0.15, 0.2) is 30.3 Å². The van der Waals surface area contributed by atoms with Gasteiger partial charge >= 0.3 is 10.2 Å². The number of nitrogens with one attached hydrogen (secondary N) is 1. The van der Waals surface area contributed by atoms with Gasteiger partial charge in [0, 0.05) is 36.8 Å². The molecule has 3 heterocycles. The van der Waals surface area contributed by atoms with Gasteiger partial charge in [0.25, 0.3) is 5.91 Å². The average Bonchev–Trinajstić information content (AvgIpc) is 3.31. The first-order valence-corrected chi connectivity index (χ1v) is 12.9. The highest BCUT2D eigenvalue weighted by Gasteiger charge is 2.40. The highest BCUT2D eigenvalue weighted by molar-refractivity contribution is 7.87. The minimum atomic E-state index is -4.04. The van der Waals surface area contributed by atoms with Gasteiger partial charge in [0.05, 0.1) is 11.3 Å². The van der Waals surface area contributed by atoms with E-state index in [1.54, 1.807) is 18.2 Å². The number of pyridine rings is 1. The molecule has 10 heteroatoms. The quantitative estimate of drug-likeness (QED) is 0.669. The lowest BCUT2D eigenvalue weighted by Gasteiger charge is -2.34. The molecule has 34 heavy (non-hydrogen) atoms. The van der Waals surface area contributed by atoms with Crippen molar-refractivity contribution < 1.29 is 17.6 Å². The fourth-order valence-corrected chi connectivity index (χ4v) is 6.23.